The highest BCUT2D eigenvalue weighted by Crippen LogP contribution is 2.45. The van der Waals surface area contributed by atoms with Gasteiger partial charge in [-0.1, -0.05) is 286 Å². The number of carbonyl (C=O) groups is 4. The fraction of sp³-hybridized carbons (Fsp3) is 0.940. The monoisotopic (exact) mass is 1270 g/mol. The molecule has 3 N–H and O–H groups in total. The Balaban J connectivity index is 5.17. The molecule has 0 saturated heterocycles. The molecule has 19 heteroatoms. The molecule has 0 saturated carbocycles. The highest BCUT2D eigenvalue weighted by molar-refractivity contribution is 7.47. The second kappa shape index (κ2) is 59.4. The lowest BCUT2D eigenvalue weighted by atomic mass is 10.00. The molecule has 0 bridgehead atoms. The Labute approximate surface area is 524 Å². The molecule has 17 nitrogen and oxygen atoms in total. The first-order valence-electron chi connectivity index (χ1n) is 35.0. The maximum atomic E-state index is 13.0. The third kappa shape index (κ3) is 59.7. The van der Waals surface area contributed by atoms with E-state index in [0.29, 0.717) is 25.7 Å². The zero-order valence-electron chi connectivity index (χ0n) is 55.6. The van der Waals surface area contributed by atoms with Gasteiger partial charge in [0.2, 0.25) is 0 Å². The van der Waals surface area contributed by atoms with Gasteiger partial charge in [-0.25, -0.2) is 9.13 Å². The van der Waals surface area contributed by atoms with Crippen molar-refractivity contribution in [3.05, 3.63) is 0 Å². The first kappa shape index (κ1) is 84.1. The number of aliphatic hydroxyl groups is 1. The quantitative estimate of drug-likeness (QED) is 0.0222. The molecule has 0 aliphatic rings. The summed E-state index contributed by atoms with van der Waals surface area (Å²) in [6, 6.07) is 0. The van der Waals surface area contributed by atoms with E-state index in [0.717, 1.165) is 108 Å². The van der Waals surface area contributed by atoms with Crippen molar-refractivity contribution in [3.8, 4) is 0 Å². The van der Waals surface area contributed by atoms with Crippen LogP contribution in [0.25, 0.3) is 0 Å². The molecular formula is C67H130O17P2. The van der Waals surface area contributed by atoms with E-state index in [2.05, 4.69) is 41.5 Å². The molecule has 0 aliphatic carbocycles. The number of carbonyl (C=O) groups excluding carboxylic acids is 4. The molecular weight excluding hydrogens is 1140 g/mol. The van der Waals surface area contributed by atoms with Gasteiger partial charge in [-0.2, -0.15) is 0 Å². The Morgan fingerprint density at radius 1 is 0.337 bits per heavy atom. The van der Waals surface area contributed by atoms with Crippen LogP contribution < -0.4 is 0 Å². The van der Waals surface area contributed by atoms with Gasteiger partial charge in [0, 0.05) is 25.7 Å². The van der Waals surface area contributed by atoms with Crippen LogP contribution in [0.2, 0.25) is 0 Å². The maximum absolute atomic E-state index is 13.0. The average Bonchev–Trinajstić information content (AvgIpc) is 3.69. The second-order valence-electron chi connectivity index (χ2n) is 24.9. The van der Waals surface area contributed by atoms with Crippen molar-refractivity contribution in [3.63, 3.8) is 0 Å². The van der Waals surface area contributed by atoms with Gasteiger partial charge in [0.1, 0.15) is 19.3 Å². The zero-order chi connectivity index (χ0) is 63.6. The maximum Gasteiger partial charge on any atom is 0.472 e. The van der Waals surface area contributed by atoms with Gasteiger partial charge in [-0.3, -0.25) is 37.3 Å². The molecule has 0 aromatic rings. The lowest BCUT2D eigenvalue weighted by Crippen LogP contribution is -2.30. The first-order valence-corrected chi connectivity index (χ1v) is 38.0. The Morgan fingerprint density at radius 2 is 0.593 bits per heavy atom. The van der Waals surface area contributed by atoms with Gasteiger partial charge in [-0.15, -0.1) is 0 Å². The van der Waals surface area contributed by atoms with Crippen molar-refractivity contribution in [1.29, 1.82) is 0 Å². The summed E-state index contributed by atoms with van der Waals surface area (Å²) in [6.45, 7) is 9.40. The van der Waals surface area contributed by atoms with Crippen molar-refractivity contribution in [1.82, 2.24) is 0 Å². The summed E-state index contributed by atoms with van der Waals surface area (Å²) in [7, 11) is -9.88. The smallest absolute Gasteiger partial charge is 0.462 e. The van der Waals surface area contributed by atoms with Gasteiger partial charge in [0.05, 0.1) is 26.4 Å². The number of hydrogen-bond donors (Lipinski definition) is 3. The first-order chi connectivity index (χ1) is 41.4. The molecule has 0 spiro atoms. The number of ether oxygens (including phenoxy) is 4. The van der Waals surface area contributed by atoms with E-state index < -0.39 is 97.5 Å². The molecule has 0 heterocycles. The summed E-state index contributed by atoms with van der Waals surface area (Å²) in [5, 5.41) is 10.5. The summed E-state index contributed by atoms with van der Waals surface area (Å²) in [6.07, 6.45) is 43.5. The van der Waals surface area contributed by atoms with Crippen LogP contribution in [-0.2, 0) is 65.4 Å². The van der Waals surface area contributed by atoms with Gasteiger partial charge >= 0.3 is 39.5 Å². The van der Waals surface area contributed by atoms with Crippen LogP contribution in [0.3, 0.4) is 0 Å². The van der Waals surface area contributed by atoms with Crippen molar-refractivity contribution in [2.45, 2.75) is 355 Å². The van der Waals surface area contributed by atoms with E-state index in [-0.39, 0.29) is 25.7 Å². The Hall–Kier alpha value is -1.94. The largest absolute Gasteiger partial charge is 0.472 e. The van der Waals surface area contributed by atoms with Crippen LogP contribution in [0.4, 0.5) is 0 Å². The summed E-state index contributed by atoms with van der Waals surface area (Å²) >= 11 is 0. The molecule has 0 amide bonds. The van der Waals surface area contributed by atoms with E-state index in [9.17, 15) is 43.2 Å². The van der Waals surface area contributed by atoms with Crippen molar-refractivity contribution in [2.75, 3.05) is 39.6 Å². The van der Waals surface area contributed by atoms with Crippen molar-refractivity contribution in [2.24, 2.45) is 11.8 Å². The van der Waals surface area contributed by atoms with Gasteiger partial charge in [0.25, 0.3) is 0 Å². The summed E-state index contributed by atoms with van der Waals surface area (Å²) in [4.78, 5) is 72.1. The Bertz CT molecular complexity index is 1690. The average molecular weight is 1270 g/mol. The second-order valence-corrected chi connectivity index (χ2v) is 27.8. The van der Waals surface area contributed by atoms with Gasteiger partial charge in [0.15, 0.2) is 12.2 Å². The summed E-state index contributed by atoms with van der Waals surface area (Å²) in [5.74, 6) is -0.634. The minimum Gasteiger partial charge on any atom is -0.462 e. The minimum atomic E-state index is -4.95. The molecule has 510 valence electrons. The fourth-order valence-electron chi connectivity index (χ4n) is 10.0. The highest BCUT2D eigenvalue weighted by Gasteiger charge is 2.30. The molecule has 3 unspecified atom stereocenters. The van der Waals surface area contributed by atoms with Crippen LogP contribution in [0, 0.1) is 11.8 Å². The molecule has 0 fully saturated rings. The van der Waals surface area contributed by atoms with Crippen LogP contribution in [0.15, 0.2) is 0 Å². The predicted molar refractivity (Wildman–Crippen MR) is 345 cm³/mol. The lowest BCUT2D eigenvalue weighted by molar-refractivity contribution is -0.161. The molecule has 86 heavy (non-hydrogen) atoms. The van der Waals surface area contributed by atoms with E-state index in [1.807, 2.05) is 0 Å². The van der Waals surface area contributed by atoms with Crippen LogP contribution >= 0.6 is 15.6 Å². The molecule has 0 aliphatic heterocycles. The number of rotatable bonds is 66. The standard InChI is InChI=1S/C67H130O17P2/c1-7-10-12-14-15-16-17-18-19-22-25-28-31-38-44-50-65(70)78-56-63(83-66(71)51-45-39-32-29-26-23-20-21-24-27-30-36-41-47-59(4)5)58-82-86(75,76)80-54-61(68)53-79-85(73,74)81-57-62(55-77-64(69)49-43-35-13-11-8-2)84-67(72)52-46-40-34-33-37-42-48-60(6)9-3/h59-63,68H,7-58H2,1-6H3,(H,73,74)(H,75,76)/t60?,61-,62+,63+/m0/s1. The molecule has 0 aromatic heterocycles. The highest BCUT2D eigenvalue weighted by atomic mass is 31.2. The van der Waals surface area contributed by atoms with E-state index in [1.165, 1.54) is 148 Å². The molecule has 0 radical (unpaired) electrons. The molecule has 6 atom stereocenters. The topological polar surface area (TPSA) is 237 Å². The normalized spacial score (nSPS) is 14.5. The lowest BCUT2D eigenvalue weighted by Gasteiger charge is -2.21. The van der Waals surface area contributed by atoms with Crippen LogP contribution in [0.5, 0.6) is 0 Å². The number of aliphatic hydroxyl groups excluding tert-OH is 1. The predicted octanol–water partition coefficient (Wildman–Crippen LogP) is 18.8. The van der Waals surface area contributed by atoms with Crippen LogP contribution in [0.1, 0.15) is 337 Å². The Kier molecular flexibility index (Phi) is 58.0. The van der Waals surface area contributed by atoms with Gasteiger partial charge in [-0.05, 0) is 37.5 Å². The van der Waals surface area contributed by atoms with Gasteiger partial charge < -0.3 is 33.8 Å². The number of phosphoric acid groups is 2. The summed E-state index contributed by atoms with van der Waals surface area (Å²) < 4.78 is 67.9. The fourth-order valence-corrected chi connectivity index (χ4v) is 11.6. The van der Waals surface area contributed by atoms with E-state index >= 15 is 0 Å². The SMILES string of the molecule is CCCCCCCCCCCCCCCCCC(=O)OC[C@H](COP(=O)(O)OC[C@@H](O)COP(=O)(O)OC[C@@H](COC(=O)CCCCCCC)OC(=O)CCCCCCCCC(C)CC)OC(=O)CCCCCCCCCCCCCCCC(C)C. The minimum absolute atomic E-state index is 0.102. The zero-order valence-corrected chi connectivity index (χ0v) is 57.4. The van der Waals surface area contributed by atoms with Crippen molar-refractivity contribution >= 4 is 39.5 Å². The molecule has 0 rings (SSSR count). The van der Waals surface area contributed by atoms with E-state index in [1.54, 1.807) is 0 Å². The van der Waals surface area contributed by atoms with Crippen LogP contribution in [-0.4, -0.2) is 96.7 Å². The number of phosphoric ester groups is 2. The number of unbranched alkanes of at least 4 members (excludes halogenated alkanes) is 35. The summed E-state index contributed by atoms with van der Waals surface area (Å²) in [5.41, 5.74) is 0. The van der Waals surface area contributed by atoms with E-state index in [4.69, 9.17) is 37.0 Å². The third-order valence-corrected chi connectivity index (χ3v) is 17.7. The number of hydrogen-bond acceptors (Lipinski definition) is 15. The number of esters is 4. The Morgan fingerprint density at radius 3 is 0.884 bits per heavy atom. The van der Waals surface area contributed by atoms with Crippen molar-refractivity contribution < 1.29 is 80.2 Å². The third-order valence-electron chi connectivity index (χ3n) is 15.8. The molecule has 0 aromatic carbocycles.